The SMILES string of the molecule is C=C1NC2=C(C(=O)CC(C)(C)C2)C(c2ccncc2)C1C(=O)OCCc1ccccc1. The molecule has 2 heterocycles. The zero-order valence-electron chi connectivity index (χ0n) is 18.1. The summed E-state index contributed by atoms with van der Waals surface area (Å²) in [6.45, 7) is 8.61. The average Bonchev–Trinajstić information content (AvgIpc) is 2.73. The lowest BCUT2D eigenvalue weighted by Gasteiger charge is -2.42. The number of benzene rings is 1. The first kappa shape index (κ1) is 21.0. The van der Waals surface area contributed by atoms with Gasteiger partial charge < -0.3 is 10.1 Å². The van der Waals surface area contributed by atoms with Gasteiger partial charge in [0.1, 0.15) is 5.92 Å². The van der Waals surface area contributed by atoms with Crippen LogP contribution in [0.25, 0.3) is 0 Å². The third-order valence-corrected chi connectivity index (χ3v) is 6.05. The number of ketones is 1. The van der Waals surface area contributed by atoms with Gasteiger partial charge in [0.25, 0.3) is 0 Å². The summed E-state index contributed by atoms with van der Waals surface area (Å²) < 4.78 is 5.67. The molecule has 2 aliphatic rings. The van der Waals surface area contributed by atoms with E-state index in [9.17, 15) is 9.59 Å². The summed E-state index contributed by atoms with van der Waals surface area (Å²) in [5.74, 6) is -1.36. The Labute approximate surface area is 183 Å². The van der Waals surface area contributed by atoms with E-state index in [0.717, 1.165) is 23.2 Å². The van der Waals surface area contributed by atoms with Crippen molar-refractivity contribution in [3.05, 3.63) is 89.5 Å². The minimum Gasteiger partial charge on any atom is -0.465 e. The Kier molecular flexibility index (Phi) is 5.77. The van der Waals surface area contributed by atoms with Crippen LogP contribution in [0.3, 0.4) is 0 Å². The van der Waals surface area contributed by atoms with Crippen LogP contribution in [0.4, 0.5) is 0 Å². The van der Waals surface area contributed by atoms with Gasteiger partial charge in [-0.1, -0.05) is 50.8 Å². The Hall–Kier alpha value is -3.21. The van der Waals surface area contributed by atoms with E-state index in [0.29, 0.717) is 24.1 Å². The van der Waals surface area contributed by atoms with Gasteiger partial charge in [0.15, 0.2) is 5.78 Å². The first-order valence-corrected chi connectivity index (χ1v) is 10.7. The summed E-state index contributed by atoms with van der Waals surface area (Å²) in [6, 6.07) is 13.6. The number of allylic oxidation sites excluding steroid dienone is 2. The molecule has 4 rings (SSSR count). The minimum atomic E-state index is -0.665. The summed E-state index contributed by atoms with van der Waals surface area (Å²) in [7, 11) is 0. The highest BCUT2D eigenvalue weighted by Crippen LogP contribution is 2.48. The number of carbonyl (C=O) groups excluding carboxylic acids is 2. The number of Topliss-reactive ketones (excluding diaryl/α,β-unsaturated/α-hetero) is 1. The van der Waals surface area contributed by atoms with Gasteiger partial charge in [-0.25, -0.2) is 0 Å². The van der Waals surface area contributed by atoms with Crippen molar-refractivity contribution in [2.75, 3.05) is 6.61 Å². The molecular formula is C26H28N2O3. The van der Waals surface area contributed by atoms with Crippen molar-refractivity contribution >= 4 is 11.8 Å². The van der Waals surface area contributed by atoms with Crippen LogP contribution in [0.15, 0.2) is 78.4 Å². The molecule has 0 saturated heterocycles. The molecule has 0 saturated carbocycles. The topological polar surface area (TPSA) is 68.3 Å². The molecule has 5 heteroatoms. The van der Waals surface area contributed by atoms with Gasteiger partial charge in [0, 0.05) is 48.1 Å². The van der Waals surface area contributed by atoms with Crippen LogP contribution >= 0.6 is 0 Å². The molecule has 0 amide bonds. The average molecular weight is 417 g/mol. The summed E-state index contributed by atoms with van der Waals surface area (Å²) >= 11 is 0. The van der Waals surface area contributed by atoms with Gasteiger partial charge >= 0.3 is 5.97 Å². The van der Waals surface area contributed by atoms with Crippen LogP contribution in [-0.2, 0) is 20.7 Å². The third kappa shape index (κ3) is 4.46. The highest BCUT2D eigenvalue weighted by Gasteiger charge is 2.46. The molecule has 31 heavy (non-hydrogen) atoms. The Morgan fingerprint density at radius 2 is 1.87 bits per heavy atom. The highest BCUT2D eigenvalue weighted by atomic mass is 16.5. The van der Waals surface area contributed by atoms with Crippen molar-refractivity contribution in [1.82, 2.24) is 10.3 Å². The first-order chi connectivity index (χ1) is 14.9. The van der Waals surface area contributed by atoms with Gasteiger partial charge in [0.05, 0.1) is 6.61 Å². The maximum atomic E-state index is 13.2. The van der Waals surface area contributed by atoms with Gasteiger partial charge in [0.2, 0.25) is 0 Å². The number of nitrogens with one attached hydrogen (secondary N) is 1. The monoisotopic (exact) mass is 416 g/mol. The van der Waals surface area contributed by atoms with Crippen LogP contribution in [0.1, 0.15) is 43.7 Å². The fourth-order valence-electron chi connectivity index (χ4n) is 4.66. The highest BCUT2D eigenvalue weighted by molar-refractivity contribution is 6.00. The van der Waals surface area contributed by atoms with Gasteiger partial charge in [-0.3, -0.25) is 14.6 Å². The number of hydrogen-bond acceptors (Lipinski definition) is 5. The van der Waals surface area contributed by atoms with E-state index in [2.05, 4.69) is 30.7 Å². The number of pyridine rings is 1. The van der Waals surface area contributed by atoms with E-state index >= 15 is 0 Å². The number of aromatic nitrogens is 1. The van der Waals surface area contributed by atoms with Crippen molar-refractivity contribution in [3.8, 4) is 0 Å². The number of nitrogens with zero attached hydrogens (tertiary/aromatic N) is 1. The molecule has 1 aromatic heterocycles. The first-order valence-electron chi connectivity index (χ1n) is 10.7. The molecule has 0 fully saturated rings. The van der Waals surface area contributed by atoms with Crippen LogP contribution in [0.2, 0.25) is 0 Å². The Morgan fingerprint density at radius 3 is 2.58 bits per heavy atom. The molecule has 2 atom stereocenters. The van der Waals surface area contributed by atoms with Crippen LogP contribution < -0.4 is 5.32 Å². The van der Waals surface area contributed by atoms with Crippen molar-refractivity contribution in [2.24, 2.45) is 11.3 Å². The minimum absolute atomic E-state index is 0.0788. The van der Waals surface area contributed by atoms with E-state index in [-0.39, 0.29) is 23.8 Å². The van der Waals surface area contributed by atoms with Crippen molar-refractivity contribution in [2.45, 2.75) is 39.0 Å². The second kappa shape index (κ2) is 8.50. The molecule has 1 aliphatic carbocycles. The normalized spacial score (nSPS) is 22.5. The van der Waals surface area contributed by atoms with Crippen LogP contribution in [0, 0.1) is 11.3 Å². The molecule has 0 bridgehead atoms. The lowest BCUT2D eigenvalue weighted by atomic mass is 9.66. The molecule has 2 unspecified atom stereocenters. The zero-order chi connectivity index (χ0) is 22.0. The molecular weight excluding hydrogens is 388 g/mol. The third-order valence-electron chi connectivity index (χ3n) is 6.05. The molecule has 5 nitrogen and oxygen atoms in total. The number of rotatable bonds is 5. The standard InChI is InChI=1S/C26H28N2O3/c1-17-22(25(30)31-14-11-18-7-5-4-6-8-18)23(19-9-12-27-13-10-19)24-20(28-17)15-26(2,3)16-21(24)29/h4-10,12-13,22-23,28H,1,11,14-16H2,2-3H3. The summed E-state index contributed by atoms with van der Waals surface area (Å²) in [5, 5.41) is 3.29. The van der Waals surface area contributed by atoms with Crippen molar-refractivity contribution in [1.29, 1.82) is 0 Å². The molecule has 2 aromatic rings. The quantitative estimate of drug-likeness (QED) is 0.735. The van der Waals surface area contributed by atoms with E-state index in [1.165, 1.54) is 0 Å². The van der Waals surface area contributed by atoms with E-state index in [4.69, 9.17) is 4.74 Å². The van der Waals surface area contributed by atoms with Crippen molar-refractivity contribution < 1.29 is 14.3 Å². The summed E-state index contributed by atoms with van der Waals surface area (Å²) in [6.07, 6.45) is 5.22. The van der Waals surface area contributed by atoms with Crippen molar-refractivity contribution in [3.63, 3.8) is 0 Å². The fraction of sp³-hybridized carbons (Fsp3) is 0.346. The van der Waals surface area contributed by atoms with E-state index < -0.39 is 11.8 Å². The molecule has 160 valence electrons. The Balaban J connectivity index is 1.63. The smallest absolute Gasteiger partial charge is 0.315 e. The van der Waals surface area contributed by atoms with Gasteiger partial charge in [-0.15, -0.1) is 0 Å². The fourth-order valence-corrected chi connectivity index (χ4v) is 4.66. The second-order valence-corrected chi connectivity index (χ2v) is 9.12. The van der Waals surface area contributed by atoms with Gasteiger partial charge in [-0.2, -0.15) is 0 Å². The summed E-state index contributed by atoms with van der Waals surface area (Å²) in [4.78, 5) is 30.5. The molecule has 0 radical (unpaired) electrons. The Morgan fingerprint density at radius 1 is 1.16 bits per heavy atom. The van der Waals surface area contributed by atoms with Gasteiger partial charge in [-0.05, 0) is 35.1 Å². The maximum Gasteiger partial charge on any atom is 0.315 e. The van der Waals surface area contributed by atoms with E-state index in [1.54, 1.807) is 12.4 Å². The molecule has 0 spiro atoms. The molecule has 1 aliphatic heterocycles. The maximum absolute atomic E-state index is 13.2. The lowest BCUT2D eigenvalue weighted by molar-refractivity contribution is -0.147. The second-order valence-electron chi connectivity index (χ2n) is 9.12. The predicted molar refractivity (Wildman–Crippen MR) is 119 cm³/mol. The summed E-state index contributed by atoms with van der Waals surface area (Å²) in [5.41, 5.74) is 3.99. The molecule has 1 N–H and O–H groups in total. The zero-order valence-corrected chi connectivity index (χ0v) is 18.1. The van der Waals surface area contributed by atoms with Crippen LogP contribution in [-0.4, -0.2) is 23.3 Å². The molecule has 1 aromatic carbocycles. The predicted octanol–water partition coefficient (Wildman–Crippen LogP) is 4.33. The number of carbonyl (C=O) groups is 2. The Bertz CT molecular complexity index is 1030. The number of hydrogen-bond donors (Lipinski definition) is 1. The largest absolute Gasteiger partial charge is 0.465 e. The van der Waals surface area contributed by atoms with Crippen LogP contribution in [0.5, 0.6) is 0 Å². The number of esters is 1. The number of ether oxygens (including phenoxy) is 1. The lowest BCUT2D eigenvalue weighted by Crippen LogP contribution is -2.43. The van der Waals surface area contributed by atoms with E-state index in [1.807, 2.05) is 42.5 Å².